The maximum Gasteiger partial charge on any atom is 0.257 e. The van der Waals surface area contributed by atoms with Gasteiger partial charge in [-0.2, -0.15) is 5.10 Å². The lowest BCUT2D eigenvalue weighted by atomic mass is 10.1. The van der Waals surface area contributed by atoms with Crippen molar-refractivity contribution in [3.05, 3.63) is 41.6 Å². The Balaban J connectivity index is 2.34. The van der Waals surface area contributed by atoms with Gasteiger partial charge in [0.25, 0.3) is 5.91 Å². The molecule has 1 aromatic carbocycles. The molecule has 0 unspecified atom stereocenters. The summed E-state index contributed by atoms with van der Waals surface area (Å²) >= 11 is 0. The van der Waals surface area contributed by atoms with Crippen molar-refractivity contribution in [3.8, 4) is 0 Å². The Kier molecular flexibility index (Phi) is 5.40. The highest BCUT2D eigenvalue weighted by molar-refractivity contribution is 7.89. The van der Waals surface area contributed by atoms with E-state index in [0.29, 0.717) is 16.9 Å². The minimum absolute atomic E-state index is 0.0671. The van der Waals surface area contributed by atoms with Crippen molar-refractivity contribution in [3.63, 3.8) is 0 Å². The molecular formula is C16H22N4O3S. The second kappa shape index (κ2) is 7.14. The first-order chi connectivity index (χ1) is 11.3. The van der Waals surface area contributed by atoms with Crippen LogP contribution in [-0.2, 0) is 10.0 Å². The van der Waals surface area contributed by atoms with Crippen LogP contribution in [0.1, 0.15) is 42.7 Å². The van der Waals surface area contributed by atoms with Gasteiger partial charge in [-0.05, 0) is 38.5 Å². The van der Waals surface area contributed by atoms with Crippen molar-refractivity contribution >= 4 is 21.7 Å². The summed E-state index contributed by atoms with van der Waals surface area (Å²) < 4.78 is 28.4. The first-order valence-electron chi connectivity index (χ1n) is 7.71. The maximum atomic E-state index is 12.6. The molecule has 0 aliphatic carbocycles. The van der Waals surface area contributed by atoms with Crippen LogP contribution >= 0.6 is 0 Å². The Hall–Kier alpha value is -2.19. The molecule has 2 N–H and O–H groups in total. The molecule has 0 radical (unpaired) electrons. The van der Waals surface area contributed by atoms with Crippen LogP contribution in [0.25, 0.3) is 0 Å². The van der Waals surface area contributed by atoms with Crippen LogP contribution in [0, 0.1) is 6.92 Å². The molecule has 2 rings (SSSR count). The number of nitrogens with zero attached hydrogens (tertiary/aromatic N) is 2. The molecule has 0 saturated carbocycles. The lowest BCUT2D eigenvalue weighted by molar-refractivity contribution is 0.102. The van der Waals surface area contributed by atoms with Gasteiger partial charge in [0.05, 0.1) is 11.1 Å². The Morgan fingerprint density at radius 1 is 1.29 bits per heavy atom. The van der Waals surface area contributed by atoms with E-state index in [2.05, 4.69) is 15.1 Å². The Bertz CT molecular complexity index is 841. The van der Waals surface area contributed by atoms with Gasteiger partial charge in [0.2, 0.25) is 10.0 Å². The number of carbonyl (C=O) groups is 1. The quantitative estimate of drug-likeness (QED) is 0.836. The predicted octanol–water partition coefficient (Wildman–Crippen LogP) is 2.32. The summed E-state index contributed by atoms with van der Waals surface area (Å²) in [5.41, 5.74) is 1.00. The van der Waals surface area contributed by atoms with Gasteiger partial charge in [-0.25, -0.2) is 17.8 Å². The minimum atomic E-state index is -3.61. The van der Waals surface area contributed by atoms with Gasteiger partial charge >= 0.3 is 0 Å². The number of carbonyl (C=O) groups excluding carboxylic acids is 1. The topological polar surface area (TPSA) is 93.1 Å². The Morgan fingerprint density at radius 3 is 2.62 bits per heavy atom. The zero-order valence-electron chi connectivity index (χ0n) is 14.2. The van der Waals surface area contributed by atoms with Crippen molar-refractivity contribution in [2.45, 2.75) is 38.6 Å². The molecule has 0 aliphatic heterocycles. The van der Waals surface area contributed by atoms with E-state index >= 15 is 0 Å². The van der Waals surface area contributed by atoms with E-state index in [0.717, 1.165) is 0 Å². The zero-order chi connectivity index (χ0) is 17.9. The van der Waals surface area contributed by atoms with Crippen LogP contribution in [0.15, 0.2) is 35.4 Å². The van der Waals surface area contributed by atoms with Gasteiger partial charge in [0.1, 0.15) is 5.82 Å². The third-order valence-electron chi connectivity index (χ3n) is 3.50. The predicted molar refractivity (Wildman–Crippen MR) is 92.6 cm³/mol. The molecule has 130 valence electrons. The molecule has 0 atom stereocenters. The first-order valence-corrected chi connectivity index (χ1v) is 9.19. The van der Waals surface area contributed by atoms with Crippen molar-refractivity contribution < 1.29 is 13.2 Å². The summed E-state index contributed by atoms with van der Waals surface area (Å²) in [4.78, 5) is 12.6. The van der Waals surface area contributed by atoms with Gasteiger partial charge in [0, 0.05) is 24.2 Å². The van der Waals surface area contributed by atoms with Crippen molar-refractivity contribution in [1.82, 2.24) is 14.5 Å². The SMILES string of the molecule is CCNS(=O)(=O)c1ccc(C)c(C(=O)Nc2ccnn2C(C)C)c1. The van der Waals surface area contributed by atoms with E-state index in [1.54, 1.807) is 36.9 Å². The average molecular weight is 350 g/mol. The molecule has 7 nitrogen and oxygen atoms in total. The maximum absolute atomic E-state index is 12.6. The summed E-state index contributed by atoms with van der Waals surface area (Å²) in [6.07, 6.45) is 1.61. The number of hydrogen-bond acceptors (Lipinski definition) is 4. The number of anilines is 1. The number of amides is 1. The van der Waals surface area contributed by atoms with E-state index in [9.17, 15) is 13.2 Å². The molecule has 1 aromatic heterocycles. The van der Waals surface area contributed by atoms with E-state index < -0.39 is 10.0 Å². The van der Waals surface area contributed by atoms with E-state index in [4.69, 9.17) is 0 Å². The molecular weight excluding hydrogens is 328 g/mol. The normalized spacial score (nSPS) is 11.7. The highest BCUT2D eigenvalue weighted by Crippen LogP contribution is 2.19. The standard InChI is InChI=1S/C16H22N4O3S/c1-5-18-24(22,23)13-7-6-12(4)14(10-13)16(21)19-15-8-9-17-20(15)11(2)3/h6-11,18H,5H2,1-4H3,(H,19,21). The molecule has 1 heterocycles. The molecule has 0 aliphatic rings. The van der Waals surface area contributed by atoms with Gasteiger partial charge < -0.3 is 5.32 Å². The van der Waals surface area contributed by atoms with E-state index in [-0.39, 0.29) is 23.4 Å². The van der Waals surface area contributed by atoms with Crippen LogP contribution in [0.5, 0.6) is 0 Å². The average Bonchev–Trinajstić information content (AvgIpc) is 2.95. The van der Waals surface area contributed by atoms with Gasteiger partial charge in [-0.15, -0.1) is 0 Å². The van der Waals surface area contributed by atoms with Crippen LogP contribution in [0.4, 0.5) is 5.82 Å². The zero-order valence-corrected chi connectivity index (χ0v) is 15.0. The van der Waals surface area contributed by atoms with Crippen molar-refractivity contribution in [1.29, 1.82) is 0 Å². The largest absolute Gasteiger partial charge is 0.307 e. The summed E-state index contributed by atoms with van der Waals surface area (Å²) in [6.45, 7) is 7.66. The fraction of sp³-hybridized carbons (Fsp3) is 0.375. The summed E-state index contributed by atoms with van der Waals surface area (Å²) in [5, 5.41) is 6.95. The van der Waals surface area contributed by atoms with Crippen LogP contribution < -0.4 is 10.0 Å². The second-order valence-electron chi connectivity index (χ2n) is 5.69. The van der Waals surface area contributed by atoms with Gasteiger partial charge in [-0.3, -0.25) is 4.79 Å². The highest BCUT2D eigenvalue weighted by atomic mass is 32.2. The van der Waals surface area contributed by atoms with Gasteiger partial charge in [0.15, 0.2) is 0 Å². The third-order valence-corrected chi connectivity index (χ3v) is 5.04. The third kappa shape index (κ3) is 3.82. The molecule has 24 heavy (non-hydrogen) atoms. The smallest absolute Gasteiger partial charge is 0.257 e. The number of sulfonamides is 1. The first kappa shape index (κ1) is 18.2. The fourth-order valence-corrected chi connectivity index (χ4v) is 3.36. The lowest BCUT2D eigenvalue weighted by Gasteiger charge is -2.13. The number of nitrogens with one attached hydrogen (secondary N) is 2. The van der Waals surface area contributed by atoms with Gasteiger partial charge in [-0.1, -0.05) is 13.0 Å². The number of benzene rings is 1. The molecule has 2 aromatic rings. The molecule has 0 saturated heterocycles. The molecule has 0 fully saturated rings. The minimum Gasteiger partial charge on any atom is -0.307 e. The van der Waals surface area contributed by atoms with Crippen molar-refractivity contribution in [2.24, 2.45) is 0 Å². The van der Waals surface area contributed by atoms with Crippen LogP contribution in [-0.4, -0.2) is 30.7 Å². The number of hydrogen-bond donors (Lipinski definition) is 2. The summed E-state index contributed by atoms with van der Waals surface area (Å²) in [7, 11) is -3.61. The number of aromatic nitrogens is 2. The fourth-order valence-electron chi connectivity index (χ4n) is 2.29. The molecule has 8 heteroatoms. The lowest BCUT2D eigenvalue weighted by Crippen LogP contribution is -2.24. The van der Waals surface area contributed by atoms with Crippen molar-refractivity contribution in [2.75, 3.05) is 11.9 Å². The second-order valence-corrected chi connectivity index (χ2v) is 7.45. The number of aryl methyl sites for hydroxylation is 1. The van der Waals surface area contributed by atoms with Crippen LogP contribution in [0.3, 0.4) is 0 Å². The Labute approximate surface area is 142 Å². The molecule has 0 spiro atoms. The number of rotatable bonds is 6. The highest BCUT2D eigenvalue weighted by Gasteiger charge is 2.18. The monoisotopic (exact) mass is 350 g/mol. The molecule has 0 bridgehead atoms. The van der Waals surface area contributed by atoms with E-state index in [1.165, 1.54) is 12.1 Å². The summed E-state index contributed by atoms with van der Waals surface area (Å²) in [6, 6.07) is 6.30. The Morgan fingerprint density at radius 2 is 2.00 bits per heavy atom. The molecule has 1 amide bonds. The van der Waals surface area contributed by atoms with Crippen LogP contribution in [0.2, 0.25) is 0 Å². The van der Waals surface area contributed by atoms with E-state index in [1.807, 2.05) is 13.8 Å². The summed E-state index contributed by atoms with van der Waals surface area (Å²) in [5.74, 6) is 0.192.